The fourth-order valence-corrected chi connectivity index (χ4v) is 2.51. The van der Waals surface area contributed by atoms with Gasteiger partial charge in [0.25, 0.3) is 0 Å². The van der Waals surface area contributed by atoms with E-state index in [1.54, 1.807) is 0 Å². The Morgan fingerprint density at radius 2 is 1.88 bits per heavy atom. The first-order valence-corrected chi connectivity index (χ1v) is 6.18. The molecule has 0 unspecified atom stereocenters. The molecule has 17 heavy (non-hydrogen) atoms. The highest BCUT2D eigenvalue weighted by Crippen LogP contribution is 2.31. The van der Waals surface area contributed by atoms with Crippen LogP contribution in [0.15, 0.2) is 36.4 Å². The van der Waals surface area contributed by atoms with Crippen LogP contribution < -0.4 is 5.32 Å². The second kappa shape index (κ2) is 3.92. The minimum atomic E-state index is 1.07. The van der Waals surface area contributed by atoms with Gasteiger partial charge in [-0.3, -0.25) is 0 Å². The monoisotopic (exact) mass is 223 g/mol. The molecule has 1 aliphatic heterocycles. The molecule has 0 saturated heterocycles. The zero-order valence-electron chi connectivity index (χ0n) is 10.4. The summed E-state index contributed by atoms with van der Waals surface area (Å²) in [5.74, 6) is 0. The summed E-state index contributed by atoms with van der Waals surface area (Å²) in [4.78, 5) is 0. The van der Waals surface area contributed by atoms with Gasteiger partial charge in [0.2, 0.25) is 0 Å². The highest BCUT2D eigenvalue weighted by Gasteiger charge is 2.11. The Bertz CT molecular complexity index is 570. The Hall–Kier alpha value is -1.76. The van der Waals surface area contributed by atoms with Crippen LogP contribution in [0, 0.1) is 13.8 Å². The van der Waals surface area contributed by atoms with Crippen molar-refractivity contribution in [2.45, 2.75) is 20.3 Å². The van der Waals surface area contributed by atoms with Crippen LogP contribution in [0.2, 0.25) is 0 Å². The van der Waals surface area contributed by atoms with E-state index in [-0.39, 0.29) is 0 Å². The molecule has 1 heterocycles. The molecule has 1 heteroatoms. The van der Waals surface area contributed by atoms with Gasteiger partial charge in [-0.25, -0.2) is 0 Å². The van der Waals surface area contributed by atoms with Crippen LogP contribution in [0.25, 0.3) is 11.1 Å². The summed E-state index contributed by atoms with van der Waals surface area (Å²) in [6.07, 6.45) is 1.16. The zero-order chi connectivity index (χ0) is 11.8. The van der Waals surface area contributed by atoms with Crippen molar-refractivity contribution in [2.24, 2.45) is 0 Å². The summed E-state index contributed by atoms with van der Waals surface area (Å²) in [5.41, 5.74) is 8.08. The van der Waals surface area contributed by atoms with Gasteiger partial charge in [-0.2, -0.15) is 0 Å². The first-order valence-electron chi connectivity index (χ1n) is 6.18. The van der Waals surface area contributed by atoms with E-state index in [9.17, 15) is 0 Å². The minimum absolute atomic E-state index is 1.07. The van der Waals surface area contributed by atoms with E-state index in [1.165, 1.54) is 33.5 Å². The lowest BCUT2D eigenvalue weighted by atomic mass is 9.97. The number of hydrogen-bond acceptors (Lipinski definition) is 1. The van der Waals surface area contributed by atoms with Crippen molar-refractivity contribution in [3.63, 3.8) is 0 Å². The summed E-state index contributed by atoms with van der Waals surface area (Å²) in [5, 5.41) is 3.44. The predicted molar refractivity (Wildman–Crippen MR) is 73.5 cm³/mol. The molecule has 3 rings (SSSR count). The number of benzene rings is 2. The minimum Gasteiger partial charge on any atom is -0.384 e. The van der Waals surface area contributed by atoms with Crippen molar-refractivity contribution in [3.8, 4) is 11.1 Å². The van der Waals surface area contributed by atoms with Crippen LogP contribution in [-0.4, -0.2) is 6.54 Å². The lowest BCUT2D eigenvalue weighted by Crippen LogP contribution is -1.91. The molecule has 1 nitrogen and oxygen atoms in total. The Morgan fingerprint density at radius 1 is 1.00 bits per heavy atom. The topological polar surface area (TPSA) is 12.0 Å². The first-order chi connectivity index (χ1) is 8.24. The van der Waals surface area contributed by atoms with Gasteiger partial charge >= 0.3 is 0 Å². The first kappa shape index (κ1) is 10.4. The highest BCUT2D eigenvalue weighted by molar-refractivity contribution is 5.73. The summed E-state index contributed by atoms with van der Waals surface area (Å²) >= 11 is 0. The Balaban J connectivity index is 2.12. The largest absolute Gasteiger partial charge is 0.384 e. The van der Waals surface area contributed by atoms with E-state index in [0.717, 1.165) is 13.0 Å². The van der Waals surface area contributed by atoms with E-state index in [4.69, 9.17) is 0 Å². The van der Waals surface area contributed by atoms with Gasteiger partial charge < -0.3 is 5.32 Å². The van der Waals surface area contributed by atoms with Crippen molar-refractivity contribution in [1.29, 1.82) is 0 Å². The SMILES string of the molecule is Cc1ccc(C)c(-c2ccc3c(c2)NCC3)c1. The third-order valence-corrected chi connectivity index (χ3v) is 3.52. The van der Waals surface area contributed by atoms with Crippen molar-refractivity contribution in [2.75, 3.05) is 11.9 Å². The molecule has 86 valence electrons. The van der Waals surface area contributed by atoms with E-state index < -0.39 is 0 Å². The molecule has 1 aliphatic rings. The molecular formula is C16H17N. The summed E-state index contributed by atoms with van der Waals surface area (Å²) < 4.78 is 0. The summed E-state index contributed by atoms with van der Waals surface area (Å²) in [6, 6.07) is 13.4. The van der Waals surface area contributed by atoms with Crippen LogP contribution in [0.3, 0.4) is 0 Å². The average molecular weight is 223 g/mol. The number of anilines is 1. The predicted octanol–water partition coefficient (Wildman–Crippen LogP) is 3.94. The molecule has 0 fully saturated rings. The molecule has 0 saturated carbocycles. The van der Waals surface area contributed by atoms with E-state index >= 15 is 0 Å². The molecule has 0 spiro atoms. The second-order valence-corrected chi connectivity index (χ2v) is 4.87. The number of aryl methyl sites for hydroxylation is 2. The maximum atomic E-state index is 3.44. The van der Waals surface area contributed by atoms with Crippen LogP contribution in [-0.2, 0) is 6.42 Å². The van der Waals surface area contributed by atoms with Crippen molar-refractivity contribution in [1.82, 2.24) is 0 Å². The third-order valence-electron chi connectivity index (χ3n) is 3.52. The summed E-state index contributed by atoms with van der Waals surface area (Å²) in [7, 11) is 0. The summed E-state index contributed by atoms with van der Waals surface area (Å²) in [6.45, 7) is 5.40. The van der Waals surface area contributed by atoms with Gasteiger partial charge in [0.1, 0.15) is 0 Å². The standard InChI is InChI=1S/C16H17N/c1-11-3-4-12(2)15(9-11)14-6-5-13-7-8-17-16(13)10-14/h3-6,9-10,17H,7-8H2,1-2H3. The van der Waals surface area contributed by atoms with Gasteiger partial charge in [0.15, 0.2) is 0 Å². The number of nitrogens with one attached hydrogen (secondary N) is 1. The smallest absolute Gasteiger partial charge is 0.0379 e. The average Bonchev–Trinajstić information content (AvgIpc) is 2.79. The fraction of sp³-hybridized carbons (Fsp3) is 0.250. The van der Waals surface area contributed by atoms with Crippen molar-refractivity contribution >= 4 is 5.69 Å². The Labute approximate surface area is 102 Å². The van der Waals surface area contributed by atoms with Gasteiger partial charge in [-0.15, -0.1) is 0 Å². The highest BCUT2D eigenvalue weighted by atomic mass is 14.9. The second-order valence-electron chi connectivity index (χ2n) is 4.87. The van der Waals surface area contributed by atoms with Gasteiger partial charge in [0.05, 0.1) is 0 Å². The number of fused-ring (bicyclic) bond motifs is 1. The fourth-order valence-electron chi connectivity index (χ4n) is 2.51. The lowest BCUT2D eigenvalue weighted by molar-refractivity contribution is 1.11. The zero-order valence-corrected chi connectivity index (χ0v) is 10.4. The molecule has 1 N–H and O–H groups in total. The molecule has 0 radical (unpaired) electrons. The molecule has 2 aromatic carbocycles. The van der Waals surface area contributed by atoms with Gasteiger partial charge in [-0.05, 0) is 48.6 Å². The number of hydrogen-bond donors (Lipinski definition) is 1. The third kappa shape index (κ3) is 1.82. The van der Waals surface area contributed by atoms with Gasteiger partial charge in [0, 0.05) is 12.2 Å². The maximum Gasteiger partial charge on any atom is 0.0379 e. The van der Waals surface area contributed by atoms with Crippen LogP contribution >= 0.6 is 0 Å². The van der Waals surface area contributed by atoms with E-state index in [1.807, 2.05) is 0 Å². The van der Waals surface area contributed by atoms with Crippen molar-refractivity contribution < 1.29 is 0 Å². The van der Waals surface area contributed by atoms with E-state index in [0.29, 0.717) is 0 Å². The van der Waals surface area contributed by atoms with Crippen LogP contribution in [0.5, 0.6) is 0 Å². The molecule has 0 aliphatic carbocycles. The molecule has 0 aromatic heterocycles. The molecule has 0 bridgehead atoms. The number of rotatable bonds is 1. The molecular weight excluding hydrogens is 206 g/mol. The maximum absolute atomic E-state index is 3.44. The Morgan fingerprint density at radius 3 is 2.76 bits per heavy atom. The Kier molecular flexibility index (Phi) is 2.40. The molecule has 2 aromatic rings. The van der Waals surface area contributed by atoms with Crippen LogP contribution in [0.4, 0.5) is 5.69 Å². The van der Waals surface area contributed by atoms with Crippen LogP contribution in [0.1, 0.15) is 16.7 Å². The molecule has 0 amide bonds. The van der Waals surface area contributed by atoms with Gasteiger partial charge in [-0.1, -0.05) is 35.9 Å². The van der Waals surface area contributed by atoms with E-state index in [2.05, 4.69) is 55.6 Å². The molecule has 0 atom stereocenters. The van der Waals surface area contributed by atoms with Crippen molar-refractivity contribution in [3.05, 3.63) is 53.1 Å². The lowest BCUT2D eigenvalue weighted by Gasteiger charge is -2.09. The quantitative estimate of drug-likeness (QED) is 0.772. The normalized spacial score (nSPS) is 13.3.